The first-order chi connectivity index (χ1) is 15.8. The van der Waals surface area contributed by atoms with E-state index in [0.717, 1.165) is 11.3 Å². The van der Waals surface area contributed by atoms with E-state index in [1.165, 1.54) is 11.0 Å². The fourth-order valence-corrected chi connectivity index (χ4v) is 3.44. The summed E-state index contributed by atoms with van der Waals surface area (Å²) in [4.78, 5) is 36.6. The van der Waals surface area contributed by atoms with Crippen LogP contribution in [0.15, 0.2) is 73.7 Å². The Morgan fingerprint density at radius 1 is 1.15 bits per heavy atom. The van der Waals surface area contributed by atoms with Crippen LogP contribution in [0.4, 0.5) is 11.4 Å². The Bertz CT molecular complexity index is 1130. The number of carbonyl (C=O) groups excluding carboxylic acids is 2. The number of carbonyl (C=O) groups is 2. The summed E-state index contributed by atoms with van der Waals surface area (Å²) in [6, 6.07) is 11.5. The molecule has 33 heavy (non-hydrogen) atoms. The van der Waals surface area contributed by atoms with Gasteiger partial charge in [-0.2, -0.15) is 0 Å². The molecule has 2 amide bonds. The molecule has 2 heterocycles. The molecule has 0 aliphatic heterocycles. The normalized spacial score (nSPS) is 11.5. The second-order valence-corrected chi connectivity index (χ2v) is 7.87. The number of hydrogen-bond acceptors (Lipinski definition) is 5. The van der Waals surface area contributed by atoms with Gasteiger partial charge in [-0.25, -0.2) is 0 Å². The van der Waals surface area contributed by atoms with E-state index in [1.807, 2.05) is 32.9 Å². The Balaban J connectivity index is 2.06. The molecule has 0 spiro atoms. The Morgan fingerprint density at radius 3 is 2.48 bits per heavy atom. The molecular formula is C26H28N4O3. The van der Waals surface area contributed by atoms with Crippen LogP contribution < -0.4 is 15.0 Å². The van der Waals surface area contributed by atoms with Crippen LogP contribution in [-0.2, 0) is 9.59 Å². The smallest absolute Gasteiger partial charge is 0.252 e. The van der Waals surface area contributed by atoms with Crippen molar-refractivity contribution in [3.63, 3.8) is 0 Å². The van der Waals surface area contributed by atoms with E-state index in [4.69, 9.17) is 4.74 Å². The molecule has 2 aromatic heterocycles. The van der Waals surface area contributed by atoms with Crippen LogP contribution in [0.1, 0.15) is 42.6 Å². The number of anilines is 2. The lowest BCUT2D eigenvalue weighted by molar-refractivity contribution is -0.121. The zero-order valence-corrected chi connectivity index (χ0v) is 19.3. The molecule has 7 heteroatoms. The van der Waals surface area contributed by atoms with Gasteiger partial charge in [-0.05, 0) is 60.9 Å². The molecule has 3 rings (SSSR count). The molecule has 1 aromatic carbocycles. The summed E-state index contributed by atoms with van der Waals surface area (Å²) in [7, 11) is 1.59. The Morgan fingerprint density at radius 2 is 1.94 bits per heavy atom. The van der Waals surface area contributed by atoms with Gasteiger partial charge < -0.3 is 10.1 Å². The summed E-state index contributed by atoms with van der Waals surface area (Å²) < 4.78 is 5.25. The lowest BCUT2D eigenvalue weighted by Crippen LogP contribution is -2.41. The highest BCUT2D eigenvalue weighted by Crippen LogP contribution is 2.30. The van der Waals surface area contributed by atoms with Crippen LogP contribution in [0.3, 0.4) is 0 Å². The third-order valence-electron chi connectivity index (χ3n) is 5.25. The van der Waals surface area contributed by atoms with E-state index in [9.17, 15) is 9.59 Å². The van der Waals surface area contributed by atoms with Crippen molar-refractivity contribution in [1.29, 1.82) is 0 Å². The molecule has 170 valence electrons. The zero-order chi connectivity index (χ0) is 24.0. The van der Waals surface area contributed by atoms with Gasteiger partial charge in [0.05, 0.1) is 19.0 Å². The summed E-state index contributed by atoms with van der Waals surface area (Å²) in [5, 5.41) is 2.95. The monoisotopic (exact) mass is 444 g/mol. The maximum atomic E-state index is 13.6. The number of pyridine rings is 2. The number of aryl methyl sites for hydroxylation is 1. The molecule has 0 radical (unpaired) electrons. The van der Waals surface area contributed by atoms with Crippen molar-refractivity contribution in [3.8, 4) is 5.75 Å². The SMILES string of the molecule is C=CC(=O)N(c1ccc(C(C)C)nc1)C(C(=O)Nc1ccc(OC)cc1C)c1cccnc1. The fourth-order valence-electron chi connectivity index (χ4n) is 3.44. The number of rotatable bonds is 8. The first-order valence-electron chi connectivity index (χ1n) is 10.6. The van der Waals surface area contributed by atoms with Gasteiger partial charge in [0.25, 0.3) is 11.8 Å². The molecule has 7 nitrogen and oxygen atoms in total. The number of benzene rings is 1. The van der Waals surface area contributed by atoms with E-state index in [0.29, 0.717) is 22.7 Å². The summed E-state index contributed by atoms with van der Waals surface area (Å²) >= 11 is 0. The number of nitrogens with zero attached hydrogens (tertiary/aromatic N) is 3. The van der Waals surface area contributed by atoms with Crippen molar-refractivity contribution in [1.82, 2.24) is 9.97 Å². The number of nitrogens with one attached hydrogen (secondary N) is 1. The Labute approximate surface area is 194 Å². The Kier molecular flexibility index (Phi) is 7.56. The predicted octanol–water partition coefficient (Wildman–Crippen LogP) is 4.82. The molecular weight excluding hydrogens is 416 g/mol. The van der Waals surface area contributed by atoms with Gasteiger partial charge in [0.1, 0.15) is 11.8 Å². The van der Waals surface area contributed by atoms with Crippen molar-refractivity contribution >= 4 is 23.2 Å². The molecule has 1 unspecified atom stereocenters. The van der Waals surface area contributed by atoms with Gasteiger partial charge >= 0.3 is 0 Å². The van der Waals surface area contributed by atoms with E-state index < -0.39 is 11.9 Å². The third-order valence-corrected chi connectivity index (χ3v) is 5.25. The quantitative estimate of drug-likeness (QED) is 0.504. The average molecular weight is 445 g/mol. The average Bonchev–Trinajstić information content (AvgIpc) is 2.83. The predicted molar refractivity (Wildman–Crippen MR) is 129 cm³/mol. The van der Waals surface area contributed by atoms with E-state index in [-0.39, 0.29) is 11.8 Å². The van der Waals surface area contributed by atoms with Gasteiger partial charge in [0.15, 0.2) is 0 Å². The minimum absolute atomic E-state index is 0.234. The molecule has 0 aliphatic rings. The summed E-state index contributed by atoms with van der Waals surface area (Å²) in [6.45, 7) is 9.58. The van der Waals surface area contributed by atoms with Crippen LogP contribution >= 0.6 is 0 Å². The summed E-state index contributed by atoms with van der Waals surface area (Å²) in [5.41, 5.74) is 3.39. The molecule has 3 aromatic rings. The first kappa shape index (κ1) is 23.7. The molecule has 0 aliphatic carbocycles. The van der Waals surface area contributed by atoms with Crippen molar-refractivity contribution in [2.24, 2.45) is 0 Å². The van der Waals surface area contributed by atoms with Crippen LogP contribution in [0, 0.1) is 6.92 Å². The number of ether oxygens (including phenoxy) is 1. The second kappa shape index (κ2) is 10.5. The number of aromatic nitrogens is 2. The maximum Gasteiger partial charge on any atom is 0.252 e. The van der Waals surface area contributed by atoms with Gasteiger partial charge in [0, 0.05) is 29.3 Å². The largest absolute Gasteiger partial charge is 0.497 e. The van der Waals surface area contributed by atoms with Gasteiger partial charge in [-0.1, -0.05) is 26.5 Å². The number of hydrogen-bond donors (Lipinski definition) is 1. The van der Waals surface area contributed by atoms with Crippen molar-refractivity contribution in [3.05, 3.63) is 90.5 Å². The van der Waals surface area contributed by atoms with E-state index in [2.05, 4.69) is 21.9 Å². The Hall–Kier alpha value is -4.00. The first-order valence-corrected chi connectivity index (χ1v) is 10.6. The molecule has 1 atom stereocenters. The molecule has 0 bridgehead atoms. The van der Waals surface area contributed by atoms with Gasteiger partial charge in [0.2, 0.25) is 0 Å². The van der Waals surface area contributed by atoms with Crippen LogP contribution in [0.5, 0.6) is 5.75 Å². The lowest BCUT2D eigenvalue weighted by Gasteiger charge is -2.30. The summed E-state index contributed by atoms with van der Waals surface area (Å²) in [5.74, 6) is 0.108. The zero-order valence-electron chi connectivity index (χ0n) is 19.3. The standard InChI is InChI=1S/C26H28N4O3/c1-6-24(31)30(20-9-11-22(17(2)3)28-16-20)25(19-8-7-13-27-15-19)26(32)29-23-12-10-21(33-5)14-18(23)4/h6-17,25H,1H2,2-5H3,(H,29,32). The van der Waals surface area contributed by atoms with Gasteiger partial charge in [-0.15, -0.1) is 0 Å². The molecule has 0 saturated carbocycles. The lowest BCUT2D eigenvalue weighted by atomic mass is 10.0. The highest BCUT2D eigenvalue weighted by atomic mass is 16.5. The molecule has 0 fully saturated rings. The molecule has 0 saturated heterocycles. The number of amides is 2. The van der Waals surface area contributed by atoms with Crippen molar-refractivity contribution in [2.45, 2.75) is 32.7 Å². The van der Waals surface area contributed by atoms with E-state index in [1.54, 1.807) is 56.0 Å². The topological polar surface area (TPSA) is 84.4 Å². The van der Waals surface area contributed by atoms with Crippen LogP contribution in [0.25, 0.3) is 0 Å². The second-order valence-electron chi connectivity index (χ2n) is 7.87. The van der Waals surface area contributed by atoms with Crippen molar-refractivity contribution < 1.29 is 14.3 Å². The number of methoxy groups -OCH3 is 1. The highest BCUT2D eigenvalue weighted by Gasteiger charge is 2.32. The fraction of sp³-hybridized carbons (Fsp3) is 0.231. The molecule has 1 N–H and O–H groups in total. The summed E-state index contributed by atoms with van der Waals surface area (Å²) in [6.07, 6.45) is 5.98. The van der Waals surface area contributed by atoms with E-state index >= 15 is 0 Å². The maximum absolute atomic E-state index is 13.6. The highest BCUT2D eigenvalue weighted by molar-refractivity contribution is 6.09. The van der Waals surface area contributed by atoms with Crippen LogP contribution in [0.2, 0.25) is 0 Å². The minimum Gasteiger partial charge on any atom is -0.497 e. The third kappa shape index (κ3) is 5.44. The minimum atomic E-state index is -0.989. The van der Waals surface area contributed by atoms with Gasteiger partial charge in [-0.3, -0.25) is 24.5 Å². The van der Waals surface area contributed by atoms with Crippen molar-refractivity contribution in [2.75, 3.05) is 17.3 Å². The van der Waals surface area contributed by atoms with Crippen LogP contribution in [-0.4, -0.2) is 28.9 Å².